The van der Waals surface area contributed by atoms with Crippen LogP contribution in [0.3, 0.4) is 0 Å². The lowest BCUT2D eigenvalue weighted by Gasteiger charge is -2.28. The highest BCUT2D eigenvalue weighted by Gasteiger charge is 2.47. The second-order valence-corrected chi connectivity index (χ2v) is 6.34. The third-order valence-electron chi connectivity index (χ3n) is 3.07. The number of benzene rings is 1. The van der Waals surface area contributed by atoms with Crippen molar-refractivity contribution in [3.8, 4) is 0 Å². The van der Waals surface area contributed by atoms with Crippen LogP contribution >= 0.6 is 7.60 Å². The van der Waals surface area contributed by atoms with Crippen LogP contribution in [0.1, 0.15) is 35.6 Å². The van der Waals surface area contributed by atoms with Gasteiger partial charge < -0.3 is 13.9 Å². The van der Waals surface area contributed by atoms with Gasteiger partial charge in [-0.3, -0.25) is 9.36 Å². The monoisotopic (exact) mass is 283 g/mol. The van der Waals surface area contributed by atoms with Gasteiger partial charge in [-0.25, -0.2) is 0 Å². The molecule has 1 amide bonds. The Balaban J connectivity index is 2.49. The fourth-order valence-electron chi connectivity index (χ4n) is 2.35. The SMILES string of the molecule is CCOP(=O)(OCC)C1c2ccccc2C(=O)N1C. The van der Waals surface area contributed by atoms with Crippen molar-refractivity contribution < 1.29 is 18.4 Å². The molecule has 1 heterocycles. The predicted octanol–water partition coefficient (Wildman–Crippen LogP) is 3.04. The average Bonchev–Trinajstić information content (AvgIpc) is 2.64. The minimum Gasteiger partial charge on any atom is -0.323 e. The average molecular weight is 283 g/mol. The van der Waals surface area contributed by atoms with Crippen molar-refractivity contribution in [2.75, 3.05) is 20.3 Å². The molecule has 0 aliphatic carbocycles. The van der Waals surface area contributed by atoms with E-state index in [2.05, 4.69) is 0 Å². The summed E-state index contributed by atoms with van der Waals surface area (Å²) in [6.45, 7) is 4.07. The van der Waals surface area contributed by atoms with Crippen molar-refractivity contribution in [2.24, 2.45) is 0 Å². The molecule has 5 nitrogen and oxygen atoms in total. The van der Waals surface area contributed by atoms with E-state index < -0.39 is 13.4 Å². The normalized spacial score (nSPS) is 18.8. The van der Waals surface area contributed by atoms with Gasteiger partial charge >= 0.3 is 7.60 Å². The molecule has 1 atom stereocenters. The number of hydrogen-bond acceptors (Lipinski definition) is 4. The molecule has 104 valence electrons. The van der Waals surface area contributed by atoms with Crippen molar-refractivity contribution in [3.05, 3.63) is 35.4 Å². The summed E-state index contributed by atoms with van der Waals surface area (Å²) < 4.78 is 23.6. The molecule has 1 aliphatic heterocycles. The van der Waals surface area contributed by atoms with Crippen LogP contribution in [0.4, 0.5) is 0 Å². The molecular formula is C13H18NO4P. The zero-order chi connectivity index (χ0) is 14.0. The topological polar surface area (TPSA) is 55.8 Å². The van der Waals surface area contributed by atoms with Crippen molar-refractivity contribution in [1.29, 1.82) is 0 Å². The van der Waals surface area contributed by atoms with Crippen molar-refractivity contribution in [1.82, 2.24) is 4.90 Å². The van der Waals surface area contributed by atoms with Gasteiger partial charge in [-0.1, -0.05) is 18.2 Å². The molecule has 0 saturated carbocycles. The molecule has 19 heavy (non-hydrogen) atoms. The Hall–Kier alpha value is -1.16. The minimum atomic E-state index is -3.39. The first-order chi connectivity index (χ1) is 9.05. The van der Waals surface area contributed by atoms with Gasteiger partial charge in [0.25, 0.3) is 5.91 Å². The molecule has 2 rings (SSSR count). The molecular weight excluding hydrogens is 265 g/mol. The Morgan fingerprint density at radius 3 is 2.37 bits per heavy atom. The summed E-state index contributed by atoms with van der Waals surface area (Å²) in [5.41, 5.74) is 1.27. The van der Waals surface area contributed by atoms with Crippen LogP contribution < -0.4 is 0 Å². The van der Waals surface area contributed by atoms with Gasteiger partial charge in [0.15, 0.2) is 5.78 Å². The lowest BCUT2D eigenvalue weighted by molar-refractivity contribution is 0.0782. The summed E-state index contributed by atoms with van der Waals surface area (Å²) >= 11 is 0. The van der Waals surface area contributed by atoms with Crippen LogP contribution in [0.25, 0.3) is 0 Å². The number of carbonyl (C=O) groups is 1. The number of nitrogens with zero attached hydrogens (tertiary/aromatic N) is 1. The van der Waals surface area contributed by atoms with E-state index >= 15 is 0 Å². The molecule has 0 N–H and O–H groups in total. The third kappa shape index (κ3) is 2.34. The van der Waals surface area contributed by atoms with E-state index in [0.717, 1.165) is 0 Å². The number of hydrogen-bond donors (Lipinski definition) is 0. The minimum absolute atomic E-state index is 0.153. The van der Waals surface area contributed by atoms with E-state index in [1.807, 2.05) is 6.07 Å². The van der Waals surface area contributed by atoms with Crippen LogP contribution in [0, 0.1) is 0 Å². The molecule has 0 saturated heterocycles. The number of carbonyl (C=O) groups excluding carboxylic acids is 1. The summed E-state index contributed by atoms with van der Waals surface area (Å²) in [4.78, 5) is 13.6. The van der Waals surface area contributed by atoms with Gasteiger partial charge in [0, 0.05) is 12.6 Å². The maximum atomic E-state index is 12.9. The highest BCUT2D eigenvalue weighted by molar-refractivity contribution is 7.54. The van der Waals surface area contributed by atoms with E-state index in [4.69, 9.17) is 9.05 Å². The molecule has 1 aromatic carbocycles. The Morgan fingerprint density at radius 2 is 1.79 bits per heavy atom. The molecule has 0 spiro atoms. The Morgan fingerprint density at radius 1 is 1.21 bits per heavy atom. The first kappa shape index (κ1) is 14.3. The third-order valence-corrected chi connectivity index (χ3v) is 5.53. The van der Waals surface area contributed by atoms with Gasteiger partial charge in [0.05, 0.1) is 13.2 Å². The van der Waals surface area contributed by atoms with Crippen LogP contribution in [0.5, 0.6) is 0 Å². The molecule has 1 unspecified atom stereocenters. The van der Waals surface area contributed by atoms with Crippen LogP contribution in [0.15, 0.2) is 24.3 Å². The summed E-state index contributed by atoms with van der Waals surface area (Å²) in [6.07, 6.45) is 0. The second kappa shape index (κ2) is 5.45. The molecule has 0 aromatic heterocycles. The number of rotatable bonds is 5. The lowest BCUT2D eigenvalue weighted by atomic mass is 10.1. The molecule has 1 aliphatic rings. The van der Waals surface area contributed by atoms with Gasteiger partial charge in [-0.15, -0.1) is 0 Å². The Labute approximate surface area is 113 Å². The first-order valence-electron chi connectivity index (χ1n) is 6.30. The molecule has 0 bridgehead atoms. The molecule has 0 fully saturated rings. The standard InChI is InChI=1S/C13H18NO4P/c1-4-17-19(16,18-5-2)13-11-9-7-6-8-10(11)12(15)14(13)3/h6-9,13H,4-5H2,1-3H3. The summed E-state index contributed by atoms with van der Waals surface area (Å²) in [5.74, 6) is -0.809. The smallest absolute Gasteiger partial charge is 0.323 e. The van der Waals surface area contributed by atoms with Crippen LogP contribution in [0.2, 0.25) is 0 Å². The number of amides is 1. The maximum absolute atomic E-state index is 12.9. The van der Waals surface area contributed by atoms with Crippen molar-refractivity contribution in [2.45, 2.75) is 19.6 Å². The van der Waals surface area contributed by atoms with E-state index in [1.165, 1.54) is 4.90 Å². The molecule has 6 heteroatoms. The quantitative estimate of drug-likeness (QED) is 0.779. The summed E-state index contributed by atoms with van der Waals surface area (Å²) in [5, 5.41) is 0. The van der Waals surface area contributed by atoms with Gasteiger partial charge in [0.2, 0.25) is 0 Å². The van der Waals surface area contributed by atoms with Crippen LogP contribution in [-0.4, -0.2) is 31.1 Å². The Bertz CT molecular complexity index is 521. The predicted molar refractivity (Wildman–Crippen MR) is 72.1 cm³/mol. The van der Waals surface area contributed by atoms with Gasteiger partial charge in [-0.2, -0.15) is 0 Å². The highest BCUT2D eigenvalue weighted by Crippen LogP contribution is 2.64. The zero-order valence-corrected chi connectivity index (χ0v) is 12.2. The summed E-state index contributed by atoms with van der Waals surface area (Å²) in [7, 11) is -1.76. The van der Waals surface area contributed by atoms with Gasteiger partial charge in [0.1, 0.15) is 0 Å². The second-order valence-electron chi connectivity index (χ2n) is 4.25. The molecule has 0 radical (unpaired) electrons. The maximum Gasteiger partial charge on any atom is 0.357 e. The summed E-state index contributed by atoms with van der Waals surface area (Å²) in [6, 6.07) is 7.14. The first-order valence-corrected chi connectivity index (χ1v) is 7.91. The number of fused-ring (bicyclic) bond motifs is 1. The van der Waals surface area contributed by atoms with E-state index in [-0.39, 0.29) is 19.1 Å². The fraction of sp³-hybridized carbons (Fsp3) is 0.462. The van der Waals surface area contributed by atoms with E-state index in [9.17, 15) is 9.36 Å². The van der Waals surface area contributed by atoms with Crippen LogP contribution in [-0.2, 0) is 13.6 Å². The largest absolute Gasteiger partial charge is 0.357 e. The fourth-order valence-corrected chi connectivity index (χ4v) is 4.52. The molecule has 1 aromatic rings. The zero-order valence-electron chi connectivity index (χ0n) is 11.3. The lowest BCUT2D eigenvalue weighted by Crippen LogP contribution is -2.24. The van der Waals surface area contributed by atoms with E-state index in [1.54, 1.807) is 39.1 Å². The van der Waals surface area contributed by atoms with Crippen molar-refractivity contribution >= 4 is 13.5 Å². The highest BCUT2D eigenvalue weighted by atomic mass is 31.2. The van der Waals surface area contributed by atoms with Crippen molar-refractivity contribution in [3.63, 3.8) is 0 Å². The van der Waals surface area contributed by atoms with Gasteiger partial charge in [-0.05, 0) is 25.5 Å². The Kier molecular flexibility index (Phi) is 4.09. The van der Waals surface area contributed by atoms with E-state index in [0.29, 0.717) is 11.1 Å².